The number of ether oxygens (including phenoxy) is 4. The first-order valence-corrected chi connectivity index (χ1v) is 9.87. The van der Waals surface area contributed by atoms with Gasteiger partial charge < -0.3 is 18.9 Å². The van der Waals surface area contributed by atoms with E-state index in [1.54, 1.807) is 68.5 Å². The normalized spacial score (nSPS) is 22.4. The Morgan fingerprint density at radius 3 is 2.06 bits per heavy atom. The van der Waals surface area contributed by atoms with Crippen molar-refractivity contribution in [2.24, 2.45) is 5.92 Å². The highest BCUT2D eigenvalue weighted by molar-refractivity contribution is 6.11. The van der Waals surface area contributed by atoms with Crippen molar-refractivity contribution in [2.45, 2.75) is 25.1 Å². The molecule has 31 heavy (non-hydrogen) atoms. The fourth-order valence-corrected chi connectivity index (χ4v) is 3.47. The zero-order chi connectivity index (χ0) is 22.4. The van der Waals surface area contributed by atoms with Crippen molar-refractivity contribution in [1.82, 2.24) is 0 Å². The van der Waals surface area contributed by atoms with Gasteiger partial charge in [-0.15, -0.1) is 0 Å². The van der Waals surface area contributed by atoms with Gasteiger partial charge >= 0.3 is 17.9 Å². The van der Waals surface area contributed by atoms with E-state index >= 15 is 0 Å². The average Bonchev–Trinajstić information content (AvgIpc) is 3.07. The molecule has 0 bridgehead atoms. The highest BCUT2D eigenvalue weighted by atomic mass is 16.6. The van der Waals surface area contributed by atoms with Crippen molar-refractivity contribution in [3.05, 3.63) is 84.1 Å². The first kappa shape index (κ1) is 22.3. The Labute approximate surface area is 181 Å². The number of esters is 3. The van der Waals surface area contributed by atoms with Crippen LogP contribution in [0.2, 0.25) is 0 Å². The van der Waals surface area contributed by atoms with Crippen LogP contribution in [0, 0.1) is 5.92 Å². The topological polar surface area (TPSA) is 88.1 Å². The van der Waals surface area contributed by atoms with E-state index in [1.165, 1.54) is 6.92 Å². The van der Waals surface area contributed by atoms with Gasteiger partial charge in [-0.25, -0.2) is 9.59 Å². The van der Waals surface area contributed by atoms with Crippen molar-refractivity contribution in [1.29, 1.82) is 0 Å². The Morgan fingerprint density at radius 1 is 0.968 bits per heavy atom. The summed E-state index contributed by atoms with van der Waals surface area (Å²) in [6.45, 7) is 5.04. The van der Waals surface area contributed by atoms with E-state index in [0.717, 1.165) is 0 Å². The second kappa shape index (κ2) is 10.1. The van der Waals surface area contributed by atoms with Gasteiger partial charge in [-0.2, -0.15) is 0 Å². The van der Waals surface area contributed by atoms with Crippen molar-refractivity contribution in [3.63, 3.8) is 0 Å². The van der Waals surface area contributed by atoms with Crippen LogP contribution < -0.4 is 0 Å². The molecule has 0 saturated carbocycles. The van der Waals surface area contributed by atoms with Crippen LogP contribution in [0.25, 0.3) is 0 Å². The molecular weight excluding hydrogens is 399 g/mol. The maximum atomic E-state index is 12.5. The molecule has 1 aliphatic rings. The second-order valence-corrected chi connectivity index (χ2v) is 7.17. The Hall–Kier alpha value is -3.39. The first-order valence-electron chi connectivity index (χ1n) is 9.87. The molecule has 1 saturated heterocycles. The minimum Gasteiger partial charge on any atom is -0.460 e. The Morgan fingerprint density at radius 2 is 1.52 bits per heavy atom. The maximum absolute atomic E-state index is 12.5. The maximum Gasteiger partial charge on any atom is 0.343 e. The van der Waals surface area contributed by atoms with Crippen molar-refractivity contribution < 1.29 is 33.3 Å². The molecule has 1 aliphatic heterocycles. The van der Waals surface area contributed by atoms with Gasteiger partial charge in [0.25, 0.3) is 0 Å². The third-order valence-corrected chi connectivity index (χ3v) is 4.90. The zero-order valence-corrected chi connectivity index (χ0v) is 17.4. The SMILES string of the molecule is B[C@@H]1O[C@H](COC(=O)c2ccccc2)[C@@H](C(=C)OC(=O)c2ccccc2)[C@H]1OC(C)=O. The molecule has 2 aromatic carbocycles. The Balaban J connectivity index is 1.73. The van der Waals surface area contributed by atoms with E-state index in [0.29, 0.717) is 11.1 Å². The smallest absolute Gasteiger partial charge is 0.343 e. The van der Waals surface area contributed by atoms with Gasteiger partial charge in [-0.05, 0) is 24.3 Å². The van der Waals surface area contributed by atoms with Crippen LogP contribution in [0.4, 0.5) is 0 Å². The van der Waals surface area contributed by atoms with Gasteiger partial charge in [0.2, 0.25) is 0 Å². The first-order chi connectivity index (χ1) is 14.9. The molecule has 0 amide bonds. The quantitative estimate of drug-likeness (QED) is 0.292. The summed E-state index contributed by atoms with van der Waals surface area (Å²) < 4.78 is 22.1. The summed E-state index contributed by atoms with van der Waals surface area (Å²) in [5.74, 6) is -2.24. The second-order valence-electron chi connectivity index (χ2n) is 7.17. The predicted octanol–water partition coefficient (Wildman–Crippen LogP) is 2.12. The van der Waals surface area contributed by atoms with E-state index in [1.807, 2.05) is 0 Å². The van der Waals surface area contributed by atoms with Crippen LogP contribution in [0.15, 0.2) is 73.0 Å². The standard InChI is InChI=1S/C23H23BO7/c1-14(29-23(27)17-11-7-4-8-12-17)19-18(31-21(24)20(19)30-15(2)25)13-28-22(26)16-9-5-3-6-10-16/h3-12,18-21H,1,13,24H2,2H3/t18-,19-,20-,21-/m1/s1. The molecular formula is C23H23BO7. The summed E-state index contributed by atoms with van der Waals surface area (Å²) in [4.78, 5) is 36.4. The Kier molecular flexibility index (Phi) is 7.25. The molecule has 0 radical (unpaired) electrons. The molecule has 1 heterocycles. The monoisotopic (exact) mass is 422 g/mol. The molecule has 3 rings (SSSR count). The van der Waals surface area contributed by atoms with E-state index in [9.17, 15) is 14.4 Å². The lowest BCUT2D eigenvalue weighted by Crippen LogP contribution is -2.36. The zero-order valence-electron chi connectivity index (χ0n) is 17.4. The van der Waals surface area contributed by atoms with Crippen LogP contribution in [0.5, 0.6) is 0 Å². The van der Waals surface area contributed by atoms with Crippen LogP contribution in [-0.4, -0.2) is 50.6 Å². The third-order valence-electron chi connectivity index (χ3n) is 4.90. The summed E-state index contributed by atoms with van der Waals surface area (Å²) in [7, 11) is 1.73. The summed E-state index contributed by atoms with van der Waals surface area (Å²) in [6, 6.07) is 16.5. The number of benzene rings is 2. The lowest BCUT2D eigenvalue weighted by atomic mass is 9.86. The number of hydrogen-bond donors (Lipinski definition) is 0. The highest BCUT2D eigenvalue weighted by Crippen LogP contribution is 2.34. The van der Waals surface area contributed by atoms with Gasteiger partial charge in [0.15, 0.2) is 0 Å². The lowest BCUT2D eigenvalue weighted by Gasteiger charge is -2.24. The molecule has 4 atom stereocenters. The molecule has 7 nitrogen and oxygen atoms in total. The van der Waals surface area contributed by atoms with E-state index in [4.69, 9.17) is 18.9 Å². The van der Waals surface area contributed by atoms with Gasteiger partial charge in [-0.3, -0.25) is 4.79 Å². The third kappa shape index (κ3) is 5.61. The van der Waals surface area contributed by atoms with E-state index in [2.05, 4.69) is 6.58 Å². The van der Waals surface area contributed by atoms with E-state index < -0.39 is 42.0 Å². The molecule has 160 valence electrons. The molecule has 0 N–H and O–H groups in total. The van der Waals surface area contributed by atoms with E-state index in [-0.39, 0.29) is 12.4 Å². The molecule has 2 aromatic rings. The fourth-order valence-electron chi connectivity index (χ4n) is 3.47. The number of rotatable bonds is 7. The minimum atomic E-state index is -0.742. The molecule has 8 heteroatoms. The van der Waals surface area contributed by atoms with Crippen LogP contribution in [0.1, 0.15) is 27.6 Å². The Bertz CT molecular complexity index is 945. The lowest BCUT2D eigenvalue weighted by molar-refractivity contribution is -0.148. The summed E-state index contributed by atoms with van der Waals surface area (Å²) >= 11 is 0. The molecule has 0 unspecified atom stereocenters. The summed E-state index contributed by atoms with van der Waals surface area (Å²) in [5.41, 5.74) is 0.752. The predicted molar refractivity (Wildman–Crippen MR) is 114 cm³/mol. The van der Waals surface area contributed by atoms with Gasteiger partial charge in [-0.1, -0.05) is 43.0 Å². The number of hydrogen-bond acceptors (Lipinski definition) is 7. The fraction of sp³-hybridized carbons (Fsp3) is 0.261. The molecule has 0 spiro atoms. The highest BCUT2D eigenvalue weighted by Gasteiger charge is 2.47. The largest absolute Gasteiger partial charge is 0.460 e. The van der Waals surface area contributed by atoms with Crippen molar-refractivity contribution in [3.8, 4) is 0 Å². The average molecular weight is 422 g/mol. The van der Waals surface area contributed by atoms with Crippen LogP contribution in [-0.2, 0) is 23.7 Å². The summed E-state index contributed by atoms with van der Waals surface area (Å²) in [5, 5.41) is 0. The van der Waals surface area contributed by atoms with Gasteiger partial charge in [0.1, 0.15) is 32.4 Å². The summed E-state index contributed by atoms with van der Waals surface area (Å²) in [6.07, 6.45) is -1.45. The molecule has 0 aliphatic carbocycles. The van der Waals surface area contributed by atoms with Gasteiger partial charge in [0, 0.05) is 6.92 Å². The number of carbonyl (C=O) groups excluding carboxylic acids is 3. The minimum absolute atomic E-state index is 0.0743. The van der Waals surface area contributed by atoms with Crippen LogP contribution in [0.3, 0.4) is 0 Å². The number of carbonyl (C=O) groups is 3. The van der Waals surface area contributed by atoms with Crippen molar-refractivity contribution >= 4 is 25.8 Å². The van der Waals surface area contributed by atoms with Crippen molar-refractivity contribution in [2.75, 3.05) is 6.61 Å². The molecule has 1 fully saturated rings. The van der Waals surface area contributed by atoms with Gasteiger partial charge in [0.05, 0.1) is 23.0 Å². The molecule has 0 aromatic heterocycles. The van der Waals surface area contributed by atoms with Crippen LogP contribution >= 0.6 is 0 Å².